The van der Waals surface area contributed by atoms with Crippen LogP contribution in [0.4, 0.5) is 26.2 Å². The Morgan fingerprint density at radius 3 is 2.56 bits per heavy atom. The summed E-state index contributed by atoms with van der Waals surface area (Å²) in [5.74, 6) is -0.629. The summed E-state index contributed by atoms with van der Waals surface area (Å²) in [6.07, 6.45) is 3.78. The number of nitrogens with one attached hydrogen (secondary N) is 2. The fourth-order valence-electron chi connectivity index (χ4n) is 4.22. The average molecular weight is 495 g/mol. The Balaban J connectivity index is 1.52. The van der Waals surface area contributed by atoms with Gasteiger partial charge in [0.15, 0.2) is 17.5 Å². The zero-order chi connectivity index (χ0) is 25.4. The van der Waals surface area contributed by atoms with Crippen LogP contribution in [0.25, 0.3) is 17.0 Å². The smallest absolute Gasteiger partial charge is 0.326 e. The number of hydrogen-bond acceptors (Lipinski definition) is 7. The van der Waals surface area contributed by atoms with Crippen LogP contribution in [0.15, 0.2) is 30.3 Å². The SMILES string of the molecule is C/C=C/c1cc(Nc2cc(N3CCN(C)CC3)nc(Oc3c(F)cc4c(cc(C)n4C)c3F)n2)n[nH]1. The van der Waals surface area contributed by atoms with Crippen molar-refractivity contribution in [3.63, 3.8) is 0 Å². The molecule has 1 aliphatic rings. The van der Waals surface area contributed by atoms with E-state index in [-0.39, 0.29) is 11.4 Å². The Labute approximate surface area is 207 Å². The van der Waals surface area contributed by atoms with Crippen LogP contribution in [-0.4, -0.2) is 62.9 Å². The van der Waals surface area contributed by atoms with Crippen LogP contribution in [0.2, 0.25) is 0 Å². The van der Waals surface area contributed by atoms with Crippen molar-refractivity contribution in [3.05, 3.63) is 53.4 Å². The van der Waals surface area contributed by atoms with E-state index in [0.717, 1.165) is 37.6 Å². The number of halogens is 2. The van der Waals surface area contributed by atoms with Crippen LogP contribution in [0.1, 0.15) is 18.3 Å². The summed E-state index contributed by atoms with van der Waals surface area (Å²) >= 11 is 0. The van der Waals surface area contributed by atoms with Gasteiger partial charge >= 0.3 is 6.01 Å². The third-order valence-corrected chi connectivity index (χ3v) is 6.35. The van der Waals surface area contributed by atoms with Crippen molar-refractivity contribution in [2.75, 3.05) is 43.4 Å². The molecule has 36 heavy (non-hydrogen) atoms. The van der Waals surface area contributed by atoms with E-state index < -0.39 is 17.4 Å². The van der Waals surface area contributed by atoms with Gasteiger partial charge in [-0.25, -0.2) is 8.78 Å². The highest BCUT2D eigenvalue weighted by molar-refractivity contribution is 5.84. The standard InChI is InChI=1S/C25H28F2N8O/c1-5-6-16-12-21(32-31-16)28-20-14-22(35-9-7-33(3)8-10-35)30-25(29-20)36-24-18(26)13-19-17(23(24)27)11-15(2)34(19)4/h5-6,11-14H,7-10H2,1-4H3,(H2,28,29,30,31,32)/b6-5+. The molecule has 4 aromatic rings. The highest BCUT2D eigenvalue weighted by atomic mass is 19.1. The van der Waals surface area contributed by atoms with Crippen molar-refractivity contribution >= 4 is 34.4 Å². The Bertz CT molecular complexity index is 1440. The van der Waals surface area contributed by atoms with E-state index in [1.54, 1.807) is 23.7 Å². The summed E-state index contributed by atoms with van der Waals surface area (Å²) in [6.45, 7) is 6.97. The molecule has 1 fully saturated rings. The first-order valence-electron chi connectivity index (χ1n) is 11.7. The Kier molecular flexibility index (Phi) is 6.31. The van der Waals surface area contributed by atoms with Crippen LogP contribution in [0.5, 0.6) is 11.8 Å². The molecule has 1 aliphatic heterocycles. The number of aromatic nitrogens is 5. The summed E-state index contributed by atoms with van der Waals surface area (Å²) in [5.41, 5.74) is 2.07. The van der Waals surface area contributed by atoms with Crippen LogP contribution in [-0.2, 0) is 7.05 Å². The van der Waals surface area contributed by atoms with Gasteiger partial charge in [0.1, 0.15) is 11.6 Å². The minimum absolute atomic E-state index is 0.164. The van der Waals surface area contributed by atoms with Gasteiger partial charge in [-0.1, -0.05) is 6.08 Å². The Morgan fingerprint density at radius 2 is 1.81 bits per heavy atom. The Morgan fingerprint density at radius 1 is 1.03 bits per heavy atom. The second kappa shape index (κ2) is 9.57. The number of benzene rings is 1. The van der Waals surface area contributed by atoms with Crippen molar-refractivity contribution < 1.29 is 13.5 Å². The highest BCUT2D eigenvalue weighted by Gasteiger charge is 2.22. The molecule has 0 unspecified atom stereocenters. The third-order valence-electron chi connectivity index (χ3n) is 6.35. The van der Waals surface area contributed by atoms with E-state index in [1.807, 2.05) is 32.1 Å². The van der Waals surface area contributed by atoms with Crippen molar-refractivity contribution in [1.29, 1.82) is 0 Å². The number of fused-ring (bicyclic) bond motifs is 1. The number of anilines is 3. The monoisotopic (exact) mass is 494 g/mol. The van der Waals surface area contributed by atoms with Gasteiger partial charge in [0.25, 0.3) is 0 Å². The van der Waals surface area contributed by atoms with Gasteiger partial charge in [-0.05, 0) is 33.0 Å². The van der Waals surface area contributed by atoms with Gasteiger partial charge in [-0.2, -0.15) is 15.1 Å². The quantitative estimate of drug-likeness (QED) is 0.405. The van der Waals surface area contributed by atoms with E-state index in [1.165, 1.54) is 6.07 Å². The number of rotatable bonds is 6. The lowest BCUT2D eigenvalue weighted by atomic mass is 10.2. The molecule has 11 heteroatoms. The molecule has 9 nitrogen and oxygen atoms in total. The zero-order valence-corrected chi connectivity index (χ0v) is 20.6. The van der Waals surface area contributed by atoms with Gasteiger partial charge in [0, 0.05) is 62.5 Å². The predicted molar refractivity (Wildman–Crippen MR) is 136 cm³/mol. The average Bonchev–Trinajstić information content (AvgIpc) is 3.41. The van der Waals surface area contributed by atoms with Crippen LogP contribution >= 0.6 is 0 Å². The van der Waals surface area contributed by atoms with Gasteiger partial charge in [-0.3, -0.25) is 5.10 Å². The van der Waals surface area contributed by atoms with Crippen molar-refractivity contribution in [2.45, 2.75) is 13.8 Å². The lowest BCUT2D eigenvalue weighted by Crippen LogP contribution is -2.44. The van der Waals surface area contributed by atoms with Gasteiger partial charge in [-0.15, -0.1) is 0 Å². The largest absolute Gasteiger partial charge is 0.418 e. The molecule has 0 spiro atoms. The number of piperazine rings is 1. The number of H-pyrrole nitrogens is 1. The molecule has 5 rings (SSSR count). The molecule has 0 aliphatic carbocycles. The first-order chi connectivity index (χ1) is 17.3. The summed E-state index contributed by atoms with van der Waals surface area (Å²) in [6, 6.07) is 6.35. The number of nitrogens with zero attached hydrogens (tertiary/aromatic N) is 6. The number of ether oxygens (including phenoxy) is 1. The molecule has 0 saturated carbocycles. The molecular formula is C25H28F2N8O. The lowest BCUT2D eigenvalue weighted by Gasteiger charge is -2.33. The van der Waals surface area contributed by atoms with Crippen molar-refractivity contribution in [3.8, 4) is 11.8 Å². The summed E-state index contributed by atoms with van der Waals surface area (Å²) in [7, 11) is 3.82. The van der Waals surface area contributed by atoms with Crippen LogP contribution < -0.4 is 15.0 Å². The fraction of sp³-hybridized carbons (Fsp3) is 0.320. The van der Waals surface area contributed by atoms with E-state index in [0.29, 0.717) is 23.0 Å². The highest BCUT2D eigenvalue weighted by Crippen LogP contribution is 2.34. The lowest BCUT2D eigenvalue weighted by molar-refractivity contribution is 0.311. The molecule has 0 atom stereocenters. The maximum Gasteiger partial charge on any atom is 0.326 e. The first kappa shape index (κ1) is 23.7. The molecule has 188 valence electrons. The maximum absolute atomic E-state index is 15.3. The second-order valence-electron chi connectivity index (χ2n) is 8.90. The molecule has 1 saturated heterocycles. The number of aromatic amines is 1. The van der Waals surface area contributed by atoms with Gasteiger partial charge < -0.3 is 24.4 Å². The van der Waals surface area contributed by atoms with Crippen molar-refractivity contribution in [1.82, 2.24) is 29.6 Å². The summed E-state index contributed by atoms with van der Waals surface area (Å²) in [4.78, 5) is 13.2. The minimum Gasteiger partial charge on any atom is -0.418 e. The number of likely N-dealkylation sites (N-methyl/N-ethyl adjacent to an activating group) is 1. The number of aryl methyl sites for hydroxylation is 2. The molecule has 1 aromatic carbocycles. The molecule has 0 bridgehead atoms. The number of hydrogen-bond donors (Lipinski definition) is 2. The predicted octanol–water partition coefficient (Wildman–Crippen LogP) is 4.60. The normalized spacial score (nSPS) is 14.8. The van der Waals surface area contributed by atoms with E-state index in [4.69, 9.17) is 4.74 Å². The number of allylic oxidation sites excluding steroid dienone is 1. The molecule has 0 amide bonds. The molecule has 2 N–H and O–H groups in total. The van der Waals surface area contributed by atoms with E-state index in [9.17, 15) is 4.39 Å². The topological polar surface area (TPSA) is 87.1 Å². The third kappa shape index (κ3) is 4.61. The van der Waals surface area contributed by atoms with Gasteiger partial charge in [0.05, 0.1) is 11.2 Å². The second-order valence-corrected chi connectivity index (χ2v) is 8.90. The fourth-order valence-corrected chi connectivity index (χ4v) is 4.22. The van der Waals surface area contributed by atoms with E-state index >= 15 is 4.39 Å². The molecule has 4 heterocycles. The first-order valence-corrected chi connectivity index (χ1v) is 11.7. The molecular weight excluding hydrogens is 466 g/mol. The Hall–Kier alpha value is -3.99. The summed E-state index contributed by atoms with van der Waals surface area (Å²) < 4.78 is 37.7. The molecule has 3 aromatic heterocycles. The summed E-state index contributed by atoms with van der Waals surface area (Å²) in [5, 5.41) is 10.6. The van der Waals surface area contributed by atoms with Gasteiger partial charge in [0.2, 0.25) is 5.75 Å². The minimum atomic E-state index is -0.826. The maximum atomic E-state index is 15.3. The van der Waals surface area contributed by atoms with Crippen LogP contribution in [0.3, 0.4) is 0 Å². The van der Waals surface area contributed by atoms with Crippen LogP contribution in [0, 0.1) is 18.6 Å². The van der Waals surface area contributed by atoms with E-state index in [2.05, 4.69) is 42.3 Å². The van der Waals surface area contributed by atoms with Crippen molar-refractivity contribution in [2.24, 2.45) is 7.05 Å². The molecule has 0 radical (unpaired) electrons. The zero-order valence-electron chi connectivity index (χ0n) is 20.6.